The summed E-state index contributed by atoms with van der Waals surface area (Å²) in [4.78, 5) is 0. The summed E-state index contributed by atoms with van der Waals surface area (Å²) >= 11 is 0. The van der Waals surface area contributed by atoms with E-state index in [-0.39, 0.29) is 6.61 Å². The Hall–Kier alpha value is -0.0800. The Morgan fingerprint density at radius 3 is 2.00 bits per heavy atom. The van der Waals surface area contributed by atoms with Crippen molar-refractivity contribution in [2.24, 2.45) is 5.92 Å². The van der Waals surface area contributed by atoms with Crippen LogP contribution in [-0.2, 0) is 0 Å². The average molecular weight is 173 g/mol. The quantitative estimate of drug-likeness (QED) is 0.615. The Bertz CT molecular complexity index is 75.8. The normalized spacial score (nSPS) is 13.8. The van der Waals surface area contributed by atoms with Crippen LogP contribution in [0.25, 0.3) is 0 Å². The molecule has 74 valence electrons. The molecule has 2 nitrogen and oxygen atoms in total. The first-order chi connectivity index (χ1) is 5.78. The first-order valence-corrected chi connectivity index (χ1v) is 5.12. The zero-order valence-corrected chi connectivity index (χ0v) is 8.64. The molecule has 1 atom stereocenters. The molecule has 0 saturated heterocycles. The van der Waals surface area contributed by atoms with E-state index in [1.165, 1.54) is 12.8 Å². The van der Waals surface area contributed by atoms with Gasteiger partial charge >= 0.3 is 0 Å². The highest BCUT2D eigenvalue weighted by Crippen LogP contribution is 2.05. The molecule has 0 aliphatic rings. The summed E-state index contributed by atoms with van der Waals surface area (Å²) < 4.78 is 0. The van der Waals surface area contributed by atoms with E-state index in [1.807, 2.05) is 0 Å². The highest BCUT2D eigenvalue weighted by Gasteiger charge is 2.07. The molecule has 0 bridgehead atoms. The second-order valence-electron chi connectivity index (χ2n) is 3.38. The maximum absolute atomic E-state index is 8.92. The average Bonchev–Trinajstić information content (AvgIpc) is 2.13. The fourth-order valence-electron chi connectivity index (χ4n) is 1.25. The Morgan fingerprint density at radius 1 is 1.08 bits per heavy atom. The zero-order chi connectivity index (χ0) is 9.40. The summed E-state index contributed by atoms with van der Waals surface area (Å²) in [5.74, 6) is 0.769. The van der Waals surface area contributed by atoms with E-state index in [0.717, 1.165) is 18.9 Å². The molecule has 12 heavy (non-hydrogen) atoms. The summed E-state index contributed by atoms with van der Waals surface area (Å²) in [6, 6.07) is 0.297. The van der Waals surface area contributed by atoms with Crippen LogP contribution in [0.1, 0.15) is 40.0 Å². The first-order valence-electron chi connectivity index (χ1n) is 5.12. The van der Waals surface area contributed by atoms with E-state index in [9.17, 15) is 0 Å². The second kappa shape index (κ2) is 7.56. The lowest BCUT2D eigenvalue weighted by Gasteiger charge is -2.18. The number of hydrogen-bond acceptors (Lipinski definition) is 2. The van der Waals surface area contributed by atoms with Crippen LogP contribution in [0.5, 0.6) is 0 Å². The van der Waals surface area contributed by atoms with Crippen LogP contribution in [0.4, 0.5) is 0 Å². The van der Waals surface area contributed by atoms with E-state index in [4.69, 9.17) is 5.11 Å². The lowest BCUT2D eigenvalue weighted by Crippen LogP contribution is -2.35. The minimum absolute atomic E-state index is 0.261. The Kier molecular flexibility index (Phi) is 7.51. The zero-order valence-electron chi connectivity index (χ0n) is 8.64. The van der Waals surface area contributed by atoms with Gasteiger partial charge in [0.2, 0.25) is 0 Å². The molecular formula is C10H23NO. The number of rotatable bonds is 7. The minimum Gasteiger partial charge on any atom is -0.395 e. The fourth-order valence-corrected chi connectivity index (χ4v) is 1.25. The third-order valence-corrected chi connectivity index (χ3v) is 2.56. The van der Waals surface area contributed by atoms with Crippen molar-refractivity contribution >= 4 is 0 Å². The SMILES string of the molecule is CCC(CC)CN[C@H](CC)CO. The number of aliphatic hydroxyl groups is 1. The van der Waals surface area contributed by atoms with Crippen LogP contribution >= 0.6 is 0 Å². The molecule has 0 radical (unpaired) electrons. The Morgan fingerprint density at radius 2 is 1.67 bits per heavy atom. The van der Waals surface area contributed by atoms with Gasteiger partial charge in [-0.1, -0.05) is 33.6 Å². The van der Waals surface area contributed by atoms with E-state index in [1.54, 1.807) is 0 Å². The van der Waals surface area contributed by atoms with Crippen molar-refractivity contribution in [2.75, 3.05) is 13.2 Å². The molecule has 0 aliphatic heterocycles. The van der Waals surface area contributed by atoms with Gasteiger partial charge in [-0.2, -0.15) is 0 Å². The van der Waals surface area contributed by atoms with Gasteiger partial charge in [0, 0.05) is 6.04 Å². The predicted octanol–water partition coefficient (Wildman–Crippen LogP) is 1.78. The molecule has 0 heterocycles. The van der Waals surface area contributed by atoms with Crippen LogP contribution in [0.3, 0.4) is 0 Å². The van der Waals surface area contributed by atoms with E-state index in [2.05, 4.69) is 26.1 Å². The van der Waals surface area contributed by atoms with Crippen molar-refractivity contribution in [2.45, 2.75) is 46.1 Å². The monoisotopic (exact) mass is 173 g/mol. The van der Waals surface area contributed by atoms with Crippen LogP contribution in [0.2, 0.25) is 0 Å². The molecule has 0 aliphatic carbocycles. The highest BCUT2D eigenvalue weighted by atomic mass is 16.3. The van der Waals surface area contributed by atoms with Crippen molar-refractivity contribution in [3.8, 4) is 0 Å². The van der Waals surface area contributed by atoms with Gasteiger partial charge in [0.25, 0.3) is 0 Å². The van der Waals surface area contributed by atoms with Crippen molar-refractivity contribution in [3.63, 3.8) is 0 Å². The molecule has 0 saturated carbocycles. The lowest BCUT2D eigenvalue weighted by atomic mass is 10.0. The summed E-state index contributed by atoms with van der Waals surface area (Å²) in [5.41, 5.74) is 0. The maximum Gasteiger partial charge on any atom is 0.0584 e. The van der Waals surface area contributed by atoms with Gasteiger partial charge in [-0.05, 0) is 18.9 Å². The first kappa shape index (κ1) is 11.9. The van der Waals surface area contributed by atoms with Crippen molar-refractivity contribution in [3.05, 3.63) is 0 Å². The molecule has 0 unspecified atom stereocenters. The molecule has 2 heteroatoms. The van der Waals surface area contributed by atoms with E-state index in [0.29, 0.717) is 6.04 Å². The van der Waals surface area contributed by atoms with Crippen molar-refractivity contribution in [1.29, 1.82) is 0 Å². The fraction of sp³-hybridized carbons (Fsp3) is 1.00. The molecule has 2 N–H and O–H groups in total. The van der Waals surface area contributed by atoms with Crippen molar-refractivity contribution < 1.29 is 5.11 Å². The van der Waals surface area contributed by atoms with Crippen LogP contribution in [0.15, 0.2) is 0 Å². The van der Waals surface area contributed by atoms with Gasteiger partial charge in [-0.25, -0.2) is 0 Å². The van der Waals surface area contributed by atoms with Crippen LogP contribution in [-0.4, -0.2) is 24.3 Å². The van der Waals surface area contributed by atoms with Gasteiger partial charge < -0.3 is 10.4 Å². The molecule has 0 aromatic heterocycles. The van der Waals surface area contributed by atoms with Gasteiger partial charge in [-0.3, -0.25) is 0 Å². The largest absolute Gasteiger partial charge is 0.395 e. The Labute approximate surface area is 76.4 Å². The van der Waals surface area contributed by atoms with Gasteiger partial charge in [0.15, 0.2) is 0 Å². The summed E-state index contributed by atoms with van der Waals surface area (Å²) in [6.45, 7) is 7.84. The van der Waals surface area contributed by atoms with Gasteiger partial charge in [0.1, 0.15) is 0 Å². The van der Waals surface area contributed by atoms with Crippen LogP contribution in [0, 0.1) is 5.92 Å². The third kappa shape index (κ3) is 4.73. The molecule has 0 amide bonds. The minimum atomic E-state index is 0.261. The maximum atomic E-state index is 8.92. The summed E-state index contributed by atoms with van der Waals surface area (Å²) in [7, 11) is 0. The standard InChI is InChI=1S/C10H23NO/c1-4-9(5-2)7-11-10(6-3)8-12/h9-12H,4-8H2,1-3H3/t10-/m1/s1. The third-order valence-electron chi connectivity index (χ3n) is 2.56. The topological polar surface area (TPSA) is 32.3 Å². The van der Waals surface area contributed by atoms with Gasteiger partial charge in [-0.15, -0.1) is 0 Å². The molecule has 0 aromatic carbocycles. The molecule has 0 rings (SSSR count). The Balaban J connectivity index is 3.49. The van der Waals surface area contributed by atoms with E-state index < -0.39 is 0 Å². The molecule has 0 spiro atoms. The van der Waals surface area contributed by atoms with Gasteiger partial charge in [0.05, 0.1) is 6.61 Å². The van der Waals surface area contributed by atoms with Crippen LogP contribution < -0.4 is 5.32 Å². The van der Waals surface area contributed by atoms with E-state index >= 15 is 0 Å². The predicted molar refractivity (Wildman–Crippen MR) is 53.2 cm³/mol. The smallest absolute Gasteiger partial charge is 0.0584 e. The second-order valence-corrected chi connectivity index (χ2v) is 3.38. The highest BCUT2D eigenvalue weighted by molar-refractivity contribution is 4.66. The number of hydrogen-bond donors (Lipinski definition) is 2. The molecule has 0 aromatic rings. The number of nitrogens with one attached hydrogen (secondary N) is 1. The number of aliphatic hydroxyl groups excluding tert-OH is 1. The molecule has 0 fully saturated rings. The molecular weight excluding hydrogens is 150 g/mol. The lowest BCUT2D eigenvalue weighted by molar-refractivity contribution is 0.232. The summed E-state index contributed by atoms with van der Waals surface area (Å²) in [5, 5.41) is 12.3. The summed E-state index contributed by atoms with van der Waals surface area (Å²) in [6.07, 6.45) is 3.47. The van der Waals surface area contributed by atoms with Crippen molar-refractivity contribution in [1.82, 2.24) is 5.32 Å².